The van der Waals surface area contributed by atoms with Crippen molar-refractivity contribution >= 4 is 10.8 Å². The molecule has 2 nitrogen and oxygen atoms in total. The zero-order chi connectivity index (χ0) is 26.0. The molecule has 0 radical (unpaired) electrons. The van der Waals surface area contributed by atoms with Gasteiger partial charge in [-0.2, -0.15) is 8.78 Å². The van der Waals surface area contributed by atoms with Gasteiger partial charge < -0.3 is 9.47 Å². The molecule has 0 heterocycles. The van der Waals surface area contributed by atoms with Crippen molar-refractivity contribution in [3.05, 3.63) is 100 Å². The van der Waals surface area contributed by atoms with Crippen LogP contribution in [0.25, 0.3) is 21.9 Å². The molecule has 0 aliphatic heterocycles. The molecule has 0 aromatic heterocycles. The molecule has 9 heteroatoms. The summed E-state index contributed by atoms with van der Waals surface area (Å²) < 4.78 is 106. The van der Waals surface area contributed by atoms with E-state index in [4.69, 9.17) is 4.74 Å². The third-order valence-corrected chi connectivity index (χ3v) is 5.68. The quantitative estimate of drug-likeness (QED) is 0.227. The van der Waals surface area contributed by atoms with E-state index in [1.54, 1.807) is 6.07 Å². The summed E-state index contributed by atoms with van der Waals surface area (Å²) in [5, 5.41) is 0.602. The molecule has 0 aliphatic carbocycles. The van der Waals surface area contributed by atoms with Gasteiger partial charge in [-0.1, -0.05) is 24.3 Å². The standard InChI is InChI=1S/C27H19F7O2/c1-35-13-15-10-20(28)24(21(29)11-15)18-6-7-19-17(12-18)5-4-16(25(19)32)3-2-14-8-22(30)26(23(31)9-14)36-27(33)34/h4-12,27H,2-3,13H2,1H3. The van der Waals surface area contributed by atoms with Crippen molar-refractivity contribution in [3.8, 4) is 16.9 Å². The minimum absolute atomic E-state index is 0.0214. The maximum atomic E-state index is 15.2. The molecule has 4 aromatic carbocycles. The summed E-state index contributed by atoms with van der Waals surface area (Å²) in [7, 11) is 1.41. The molecular formula is C27H19F7O2. The monoisotopic (exact) mass is 508 g/mol. The van der Waals surface area contributed by atoms with Crippen LogP contribution in [0.2, 0.25) is 0 Å². The van der Waals surface area contributed by atoms with E-state index in [9.17, 15) is 26.3 Å². The van der Waals surface area contributed by atoms with E-state index in [1.165, 1.54) is 43.5 Å². The van der Waals surface area contributed by atoms with Crippen LogP contribution in [-0.2, 0) is 24.2 Å². The Labute approximate surface area is 201 Å². The molecule has 36 heavy (non-hydrogen) atoms. The van der Waals surface area contributed by atoms with Crippen molar-refractivity contribution in [1.82, 2.24) is 0 Å². The van der Waals surface area contributed by atoms with Crippen LogP contribution in [0.4, 0.5) is 30.7 Å². The van der Waals surface area contributed by atoms with E-state index in [1.807, 2.05) is 0 Å². The van der Waals surface area contributed by atoms with E-state index >= 15 is 4.39 Å². The van der Waals surface area contributed by atoms with Gasteiger partial charge in [-0.05, 0) is 70.8 Å². The molecule has 0 amide bonds. The molecular weight excluding hydrogens is 489 g/mol. The molecule has 0 aliphatic rings. The fourth-order valence-electron chi connectivity index (χ4n) is 4.07. The predicted octanol–water partition coefficient (Wildman–Crippen LogP) is 7.74. The lowest BCUT2D eigenvalue weighted by atomic mass is 9.96. The van der Waals surface area contributed by atoms with Gasteiger partial charge in [-0.15, -0.1) is 0 Å². The average molecular weight is 508 g/mol. The minimum Gasteiger partial charge on any atom is -0.429 e. The summed E-state index contributed by atoms with van der Waals surface area (Å²) in [5.74, 6) is -5.89. The summed E-state index contributed by atoms with van der Waals surface area (Å²) in [6.07, 6.45) is 0.0786. The Bertz CT molecular complexity index is 1370. The maximum absolute atomic E-state index is 15.2. The Kier molecular flexibility index (Phi) is 7.49. The van der Waals surface area contributed by atoms with E-state index in [0.717, 1.165) is 12.1 Å². The molecule has 0 spiro atoms. The van der Waals surface area contributed by atoms with Crippen LogP contribution < -0.4 is 4.74 Å². The molecule has 0 saturated heterocycles. The van der Waals surface area contributed by atoms with Gasteiger partial charge in [0.2, 0.25) is 0 Å². The number of benzene rings is 4. The molecule has 0 bridgehead atoms. The highest BCUT2D eigenvalue weighted by atomic mass is 19.3. The summed E-state index contributed by atoms with van der Waals surface area (Å²) in [5.41, 5.74) is 0.688. The van der Waals surface area contributed by atoms with Crippen LogP contribution in [0, 0.1) is 29.1 Å². The van der Waals surface area contributed by atoms with Gasteiger partial charge in [0.05, 0.1) is 12.2 Å². The fourth-order valence-corrected chi connectivity index (χ4v) is 4.07. The number of ether oxygens (including phenoxy) is 2. The van der Waals surface area contributed by atoms with Crippen molar-refractivity contribution < 1.29 is 40.2 Å². The normalized spacial score (nSPS) is 11.5. The van der Waals surface area contributed by atoms with Crippen molar-refractivity contribution in [2.45, 2.75) is 26.1 Å². The second kappa shape index (κ2) is 10.6. The molecule has 0 unspecified atom stereocenters. The number of fused-ring (bicyclic) bond motifs is 1. The first kappa shape index (κ1) is 25.5. The SMILES string of the molecule is COCc1cc(F)c(-c2ccc3c(F)c(CCc4cc(F)c(OC(F)F)c(F)c4)ccc3c2)c(F)c1. The van der Waals surface area contributed by atoms with Gasteiger partial charge in [-0.25, -0.2) is 22.0 Å². The Morgan fingerprint density at radius 1 is 0.722 bits per heavy atom. The number of alkyl halides is 2. The summed E-state index contributed by atoms with van der Waals surface area (Å²) in [6.45, 7) is -3.33. The predicted molar refractivity (Wildman–Crippen MR) is 120 cm³/mol. The Hall–Kier alpha value is -3.59. The summed E-state index contributed by atoms with van der Waals surface area (Å²) in [6, 6.07) is 11.4. The van der Waals surface area contributed by atoms with Crippen LogP contribution in [0.15, 0.2) is 54.6 Å². The zero-order valence-corrected chi connectivity index (χ0v) is 18.9. The second-order valence-corrected chi connectivity index (χ2v) is 8.11. The lowest BCUT2D eigenvalue weighted by Gasteiger charge is -2.12. The molecule has 188 valence electrons. The number of hydrogen-bond acceptors (Lipinski definition) is 2. The van der Waals surface area contributed by atoms with Crippen LogP contribution >= 0.6 is 0 Å². The largest absolute Gasteiger partial charge is 0.429 e. The van der Waals surface area contributed by atoms with E-state index in [2.05, 4.69) is 4.74 Å². The number of hydrogen-bond donors (Lipinski definition) is 0. The highest BCUT2D eigenvalue weighted by Crippen LogP contribution is 2.32. The first-order chi connectivity index (χ1) is 17.2. The molecule has 0 N–H and O–H groups in total. The minimum atomic E-state index is -3.38. The third-order valence-electron chi connectivity index (χ3n) is 5.68. The first-order valence-corrected chi connectivity index (χ1v) is 10.8. The van der Waals surface area contributed by atoms with Crippen LogP contribution in [0.1, 0.15) is 16.7 Å². The van der Waals surface area contributed by atoms with Gasteiger partial charge in [0.25, 0.3) is 0 Å². The van der Waals surface area contributed by atoms with Crippen LogP contribution in [0.3, 0.4) is 0 Å². The molecule has 4 rings (SSSR count). The first-order valence-electron chi connectivity index (χ1n) is 10.8. The topological polar surface area (TPSA) is 18.5 Å². The van der Waals surface area contributed by atoms with Gasteiger partial charge in [0.1, 0.15) is 17.5 Å². The number of methoxy groups -OCH3 is 1. The average Bonchev–Trinajstić information content (AvgIpc) is 2.81. The van der Waals surface area contributed by atoms with Crippen molar-refractivity contribution in [2.24, 2.45) is 0 Å². The lowest BCUT2D eigenvalue weighted by molar-refractivity contribution is -0.0546. The molecule has 0 saturated carbocycles. The van der Waals surface area contributed by atoms with E-state index in [0.29, 0.717) is 10.9 Å². The summed E-state index contributed by atoms with van der Waals surface area (Å²) >= 11 is 0. The van der Waals surface area contributed by atoms with E-state index < -0.39 is 41.4 Å². The molecule has 4 aromatic rings. The van der Waals surface area contributed by atoms with Gasteiger partial charge in [0, 0.05) is 12.5 Å². The highest BCUT2D eigenvalue weighted by molar-refractivity contribution is 5.88. The second-order valence-electron chi connectivity index (χ2n) is 8.11. The maximum Gasteiger partial charge on any atom is 0.387 e. The van der Waals surface area contributed by atoms with Gasteiger partial charge in [-0.3, -0.25) is 0 Å². The van der Waals surface area contributed by atoms with Crippen molar-refractivity contribution in [1.29, 1.82) is 0 Å². The fraction of sp³-hybridized carbons (Fsp3) is 0.185. The van der Waals surface area contributed by atoms with Crippen LogP contribution in [0.5, 0.6) is 5.75 Å². The van der Waals surface area contributed by atoms with Gasteiger partial charge >= 0.3 is 6.61 Å². The van der Waals surface area contributed by atoms with Crippen molar-refractivity contribution in [3.63, 3.8) is 0 Å². The third kappa shape index (κ3) is 5.31. The smallest absolute Gasteiger partial charge is 0.387 e. The number of rotatable bonds is 8. The summed E-state index contributed by atoms with van der Waals surface area (Å²) in [4.78, 5) is 0. The Morgan fingerprint density at radius 3 is 1.97 bits per heavy atom. The van der Waals surface area contributed by atoms with Crippen LogP contribution in [-0.4, -0.2) is 13.7 Å². The zero-order valence-electron chi connectivity index (χ0n) is 18.9. The Morgan fingerprint density at radius 2 is 1.36 bits per heavy atom. The molecule has 0 atom stereocenters. The molecule has 0 fully saturated rings. The highest BCUT2D eigenvalue weighted by Gasteiger charge is 2.18. The Balaban J connectivity index is 1.58. The van der Waals surface area contributed by atoms with Gasteiger partial charge in [0.15, 0.2) is 17.4 Å². The van der Waals surface area contributed by atoms with Crippen molar-refractivity contribution in [2.75, 3.05) is 7.11 Å². The number of halogens is 7. The number of aryl methyl sites for hydroxylation is 2. The lowest BCUT2D eigenvalue weighted by Crippen LogP contribution is -2.06. The van der Waals surface area contributed by atoms with E-state index in [-0.39, 0.29) is 47.1 Å².